The Morgan fingerprint density at radius 3 is 2.75 bits per heavy atom. The third-order valence-electron chi connectivity index (χ3n) is 3.39. The van der Waals surface area contributed by atoms with E-state index in [9.17, 15) is 4.79 Å². The minimum atomic E-state index is -0.186. The quantitative estimate of drug-likeness (QED) is 0.665. The molecule has 0 bridgehead atoms. The molecule has 0 amide bonds. The molecule has 2 aromatic heterocycles. The van der Waals surface area contributed by atoms with Gasteiger partial charge in [-0.2, -0.15) is 0 Å². The summed E-state index contributed by atoms with van der Waals surface area (Å²) in [6.07, 6.45) is 0.479. The van der Waals surface area contributed by atoms with Gasteiger partial charge in [-0.25, -0.2) is 14.4 Å². The van der Waals surface area contributed by atoms with Crippen molar-refractivity contribution in [3.63, 3.8) is 0 Å². The lowest BCUT2D eigenvalue weighted by Gasteiger charge is -2.11. The van der Waals surface area contributed by atoms with E-state index in [-0.39, 0.29) is 11.5 Å². The summed E-state index contributed by atoms with van der Waals surface area (Å²) < 4.78 is 1.36. The van der Waals surface area contributed by atoms with Gasteiger partial charge in [-0.3, -0.25) is 4.79 Å². The molecule has 0 aliphatic carbocycles. The minimum Gasteiger partial charge on any atom is -0.369 e. The molecule has 20 heavy (non-hydrogen) atoms. The fourth-order valence-electron chi connectivity index (χ4n) is 2.42. The second-order valence-electron chi connectivity index (χ2n) is 4.67. The summed E-state index contributed by atoms with van der Waals surface area (Å²) in [6, 6.07) is 7.49. The molecule has 0 radical (unpaired) electrons. The molecule has 0 atom stereocenters. The molecule has 0 fully saturated rings. The number of anilines is 1. The highest BCUT2D eigenvalue weighted by atomic mass is 16.1. The Bertz CT molecular complexity index is 869. The lowest BCUT2D eigenvalue weighted by atomic mass is 10.1. The van der Waals surface area contributed by atoms with Crippen LogP contribution in [0.25, 0.3) is 16.6 Å². The first-order chi connectivity index (χ1) is 9.63. The Labute approximate surface area is 115 Å². The van der Waals surface area contributed by atoms with Gasteiger partial charge < -0.3 is 11.5 Å². The Morgan fingerprint density at radius 2 is 2.00 bits per heavy atom. The number of hydrogen-bond donors (Lipinski definition) is 2. The fraction of sp³-hybridized carbons (Fsp3) is 0.214. The first-order valence-corrected chi connectivity index (χ1v) is 6.40. The van der Waals surface area contributed by atoms with E-state index >= 15 is 0 Å². The van der Waals surface area contributed by atoms with Gasteiger partial charge >= 0.3 is 0 Å². The molecule has 0 spiro atoms. The van der Waals surface area contributed by atoms with Gasteiger partial charge in [0.15, 0.2) is 5.65 Å². The lowest BCUT2D eigenvalue weighted by molar-refractivity contribution is 0.885. The van der Waals surface area contributed by atoms with Crippen LogP contribution in [0.15, 0.2) is 29.1 Å². The zero-order valence-corrected chi connectivity index (χ0v) is 11.1. The van der Waals surface area contributed by atoms with Crippen molar-refractivity contribution in [2.45, 2.75) is 13.3 Å². The van der Waals surface area contributed by atoms with Gasteiger partial charge in [0.1, 0.15) is 0 Å². The van der Waals surface area contributed by atoms with Gasteiger partial charge in [-0.1, -0.05) is 12.1 Å². The van der Waals surface area contributed by atoms with E-state index in [2.05, 4.69) is 9.97 Å². The van der Waals surface area contributed by atoms with E-state index in [1.54, 1.807) is 0 Å². The third-order valence-corrected chi connectivity index (χ3v) is 3.39. The van der Waals surface area contributed by atoms with Crippen LogP contribution in [0.2, 0.25) is 0 Å². The van der Waals surface area contributed by atoms with Crippen molar-refractivity contribution in [3.8, 4) is 0 Å². The van der Waals surface area contributed by atoms with Gasteiger partial charge in [0, 0.05) is 16.6 Å². The van der Waals surface area contributed by atoms with Crippen LogP contribution in [-0.2, 0) is 6.42 Å². The first kappa shape index (κ1) is 12.6. The van der Waals surface area contributed by atoms with Crippen LogP contribution in [0.5, 0.6) is 0 Å². The van der Waals surface area contributed by atoms with E-state index in [0.29, 0.717) is 29.9 Å². The number of nitrogens with two attached hydrogens (primary N) is 2. The highest BCUT2D eigenvalue weighted by molar-refractivity contribution is 5.92. The number of nitrogen functional groups attached to an aromatic ring is 1. The van der Waals surface area contributed by atoms with Crippen molar-refractivity contribution in [2.24, 2.45) is 5.73 Å². The average molecular weight is 269 g/mol. The number of rotatable bonds is 2. The lowest BCUT2D eigenvalue weighted by Crippen LogP contribution is -2.26. The van der Waals surface area contributed by atoms with Crippen molar-refractivity contribution < 1.29 is 0 Å². The molecule has 3 aromatic rings. The minimum absolute atomic E-state index is 0.148. The molecule has 4 N–H and O–H groups in total. The van der Waals surface area contributed by atoms with Gasteiger partial charge in [0.2, 0.25) is 5.95 Å². The van der Waals surface area contributed by atoms with Crippen LogP contribution in [0.4, 0.5) is 5.95 Å². The SMILES string of the molecule is Cc1nc2c3ccccc3nc(N)n2c(=O)c1CCN. The molecular weight excluding hydrogens is 254 g/mol. The van der Waals surface area contributed by atoms with Crippen molar-refractivity contribution >= 4 is 22.5 Å². The van der Waals surface area contributed by atoms with Crippen LogP contribution in [0, 0.1) is 6.92 Å². The van der Waals surface area contributed by atoms with Gasteiger partial charge in [0.25, 0.3) is 5.56 Å². The summed E-state index contributed by atoms with van der Waals surface area (Å²) in [7, 11) is 0. The highest BCUT2D eigenvalue weighted by Crippen LogP contribution is 2.18. The number of nitrogens with zero attached hydrogens (tertiary/aromatic N) is 3. The van der Waals surface area contributed by atoms with Crippen LogP contribution in [-0.4, -0.2) is 20.9 Å². The van der Waals surface area contributed by atoms with Crippen molar-refractivity contribution in [1.82, 2.24) is 14.4 Å². The Kier molecular flexibility index (Phi) is 2.87. The van der Waals surface area contributed by atoms with E-state index in [0.717, 1.165) is 10.9 Å². The largest absolute Gasteiger partial charge is 0.369 e. The average Bonchev–Trinajstić information content (AvgIpc) is 2.43. The number of para-hydroxylation sites is 1. The fourth-order valence-corrected chi connectivity index (χ4v) is 2.42. The summed E-state index contributed by atoms with van der Waals surface area (Å²) in [5.41, 5.74) is 13.8. The molecule has 1 aromatic carbocycles. The summed E-state index contributed by atoms with van der Waals surface area (Å²) >= 11 is 0. The van der Waals surface area contributed by atoms with Crippen LogP contribution >= 0.6 is 0 Å². The Hall–Kier alpha value is -2.47. The van der Waals surface area contributed by atoms with E-state index in [1.165, 1.54) is 4.40 Å². The monoisotopic (exact) mass is 269 g/mol. The summed E-state index contributed by atoms with van der Waals surface area (Å²) in [6.45, 7) is 2.21. The molecule has 0 saturated carbocycles. The standard InChI is InChI=1S/C14H15N5O/c1-8-9(6-7-15)13(20)19-12(17-8)10-4-2-3-5-11(10)18-14(19)16/h2-5H,6-7,15H2,1H3,(H2,16,18). The number of benzene rings is 1. The van der Waals surface area contributed by atoms with Gasteiger partial charge in [0.05, 0.1) is 5.52 Å². The number of fused-ring (bicyclic) bond motifs is 3. The maximum Gasteiger partial charge on any atom is 0.264 e. The highest BCUT2D eigenvalue weighted by Gasteiger charge is 2.14. The molecule has 6 heteroatoms. The normalized spacial score (nSPS) is 11.3. The van der Waals surface area contributed by atoms with E-state index in [4.69, 9.17) is 11.5 Å². The second kappa shape index (κ2) is 4.57. The molecule has 0 unspecified atom stereocenters. The number of aromatic nitrogens is 3. The van der Waals surface area contributed by atoms with Crippen molar-refractivity contribution in [3.05, 3.63) is 45.9 Å². The van der Waals surface area contributed by atoms with Crippen LogP contribution < -0.4 is 17.0 Å². The molecule has 0 aliphatic heterocycles. The maximum absolute atomic E-state index is 12.6. The molecule has 2 heterocycles. The summed E-state index contributed by atoms with van der Waals surface area (Å²) in [5, 5.41) is 0.807. The van der Waals surface area contributed by atoms with Crippen molar-refractivity contribution in [1.29, 1.82) is 0 Å². The topological polar surface area (TPSA) is 99.3 Å². The smallest absolute Gasteiger partial charge is 0.264 e. The van der Waals surface area contributed by atoms with E-state index < -0.39 is 0 Å². The molecule has 6 nitrogen and oxygen atoms in total. The second-order valence-corrected chi connectivity index (χ2v) is 4.67. The predicted octanol–water partition coefficient (Wildman–Crippen LogP) is 0.635. The molecule has 3 rings (SSSR count). The third kappa shape index (κ3) is 1.73. The van der Waals surface area contributed by atoms with Crippen LogP contribution in [0.1, 0.15) is 11.3 Å². The number of aryl methyl sites for hydroxylation is 1. The Morgan fingerprint density at radius 1 is 1.25 bits per heavy atom. The summed E-state index contributed by atoms with van der Waals surface area (Å²) in [5.74, 6) is 0.148. The zero-order chi connectivity index (χ0) is 14.3. The molecular formula is C14H15N5O. The van der Waals surface area contributed by atoms with Gasteiger partial charge in [-0.05, 0) is 32.0 Å². The first-order valence-electron chi connectivity index (χ1n) is 6.40. The Balaban J connectivity index is 2.53. The van der Waals surface area contributed by atoms with Crippen LogP contribution in [0.3, 0.4) is 0 Å². The zero-order valence-electron chi connectivity index (χ0n) is 11.1. The molecule has 0 aliphatic rings. The van der Waals surface area contributed by atoms with Crippen molar-refractivity contribution in [2.75, 3.05) is 12.3 Å². The number of hydrogen-bond acceptors (Lipinski definition) is 5. The predicted molar refractivity (Wildman–Crippen MR) is 78.7 cm³/mol. The molecule has 0 saturated heterocycles. The van der Waals surface area contributed by atoms with Gasteiger partial charge in [-0.15, -0.1) is 0 Å². The van der Waals surface area contributed by atoms with E-state index in [1.807, 2.05) is 31.2 Å². The molecule has 102 valence electrons. The maximum atomic E-state index is 12.6. The summed E-state index contributed by atoms with van der Waals surface area (Å²) in [4.78, 5) is 21.3.